The summed E-state index contributed by atoms with van der Waals surface area (Å²) < 4.78 is 0. The van der Waals surface area contributed by atoms with Gasteiger partial charge in [0.25, 0.3) is 5.91 Å². The predicted molar refractivity (Wildman–Crippen MR) is 83.5 cm³/mol. The first-order valence-corrected chi connectivity index (χ1v) is 7.82. The number of amides is 1. The third-order valence-corrected chi connectivity index (χ3v) is 4.14. The molecule has 0 spiro atoms. The van der Waals surface area contributed by atoms with Crippen molar-refractivity contribution >= 4 is 28.5 Å². The Hall–Kier alpha value is -1.82. The van der Waals surface area contributed by atoms with Crippen LogP contribution in [0.15, 0.2) is 18.2 Å². The number of likely N-dealkylation sites (tertiary alicyclic amines) is 1. The molecule has 118 valence electrons. The smallest absolute Gasteiger partial charge is 0.263 e. The number of carbonyl (C=O) groups excluding carboxylic acids is 1. The first kappa shape index (κ1) is 15.1. The van der Waals surface area contributed by atoms with Gasteiger partial charge in [0.05, 0.1) is 0 Å². The molecular formula is C15H19ClN4O2. The van der Waals surface area contributed by atoms with Gasteiger partial charge in [-0.1, -0.05) is 30.3 Å². The van der Waals surface area contributed by atoms with Gasteiger partial charge in [-0.15, -0.1) is 5.10 Å². The molecule has 1 aliphatic heterocycles. The van der Waals surface area contributed by atoms with Crippen molar-refractivity contribution in [3.05, 3.63) is 23.2 Å². The molecule has 1 aromatic heterocycles. The van der Waals surface area contributed by atoms with Crippen LogP contribution in [0.25, 0.3) is 11.0 Å². The summed E-state index contributed by atoms with van der Waals surface area (Å²) >= 11 is 5.96. The molecular weight excluding hydrogens is 304 g/mol. The molecule has 3 rings (SSSR count). The zero-order valence-electron chi connectivity index (χ0n) is 12.7. The summed E-state index contributed by atoms with van der Waals surface area (Å²) in [6.07, 6.45) is 1.16. The molecule has 7 heteroatoms. The quantitative estimate of drug-likeness (QED) is 0.867. The van der Waals surface area contributed by atoms with Crippen LogP contribution in [0.1, 0.15) is 20.3 Å². The predicted octanol–water partition coefficient (Wildman–Crippen LogP) is 2.02. The second-order valence-electron chi connectivity index (χ2n) is 6.11. The minimum absolute atomic E-state index is 0.0240. The van der Waals surface area contributed by atoms with Crippen LogP contribution in [-0.2, 0) is 4.79 Å². The number of carbonyl (C=O) groups is 1. The lowest BCUT2D eigenvalue weighted by molar-refractivity contribution is -0.139. The van der Waals surface area contributed by atoms with E-state index in [0.29, 0.717) is 27.9 Å². The molecule has 0 N–H and O–H groups in total. The number of benzene rings is 1. The van der Waals surface area contributed by atoms with Gasteiger partial charge >= 0.3 is 0 Å². The maximum absolute atomic E-state index is 12.3. The molecule has 22 heavy (non-hydrogen) atoms. The molecule has 1 aliphatic rings. The number of halogens is 1. The first-order valence-electron chi connectivity index (χ1n) is 7.45. The second kappa shape index (κ2) is 6.12. The SMILES string of the molecule is C[C@@H]1C[C@@H](C)CN(C(=O)COn2nnc3ccc(Cl)cc32)C1. The average Bonchev–Trinajstić information content (AvgIpc) is 2.86. The van der Waals surface area contributed by atoms with Crippen LogP contribution in [-0.4, -0.2) is 45.7 Å². The van der Waals surface area contributed by atoms with Crippen LogP contribution >= 0.6 is 11.6 Å². The van der Waals surface area contributed by atoms with Gasteiger partial charge in [0.15, 0.2) is 6.61 Å². The first-order chi connectivity index (χ1) is 10.5. The Kier molecular flexibility index (Phi) is 4.20. The summed E-state index contributed by atoms with van der Waals surface area (Å²) in [6.45, 7) is 5.87. The molecule has 1 amide bonds. The lowest BCUT2D eigenvalue weighted by Crippen LogP contribution is -2.45. The number of fused-ring (bicyclic) bond motifs is 1. The van der Waals surface area contributed by atoms with Gasteiger partial charge in [-0.2, -0.15) is 0 Å². The van der Waals surface area contributed by atoms with Crippen molar-refractivity contribution in [2.45, 2.75) is 20.3 Å². The molecule has 2 atom stereocenters. The van der Waals surface area contributed by atoms with Gasteiger partial charge in [0.1, 0.15) is 11.0 Å². The second-order valence-corrected chi connectivity index (χ2v) is 6.55. The van der Waals surface area contributed by atoms with Crippen molar-refractivity contribution in [3.8, 4) is 0 Å². The molecule has 0 bridgehead atoms. The Morgan fingerprint density at radius 1 is 1.36 bits per heavy atom. The number of hydrogen-bond donors (Lipinski definition) is 0. The molecule has 1 fully saturated rings. The third kappa shape index (κ3) is 3.16. The van der Waals surface area contributed by atoms with Gasteiger partial charge in [-0.25, -0.2) is 0 Å². The zero-order chi connectivity index (χ0) is 15.7. The highest BCUT2D eigenvalue weighted by Gasteiger charge is 2.25. The Morgan fingerprint density at radius 2 is 2.09 bits per heavy atom. The van der Waals surface area contributed by atoms with Gasteiger partial charge in [0, 0.05) is 18.1 Å². The molecule has 0 radical (unpaired) electrons. The van der Waals surface area contributed by atoms with Crippen molar-refractivity contribution in [2.75, 3.05) is 19.7 Å². The fourth-order valence-electron chi connectivity index (χ4n) is 3.04. The highest BCUT2D eigenvalue weighted by Crippen LogP contribution is 2.21. The summed E-state index contributed by atoms with van der Waals surface area (Å²) in [6, 6.07) is 5.22. The van der Waals surface area contributed by atoms with E-state index in [-0.39, 0.29) is 12.5 Å². The van der Waals surface area contributed by atoms with Crippen LogP contribution in [0.3, 0.4) is 0 Å². The van der Waals surface area contributed by atoms with Crippen LogP contribution in [0.2, 0.25) is 5.02 Å². The summed E-state index contributed by atoms with van der Waals surface area (Å²) in [5, 5.41) is 8.45. The fraction of sp³-hybridized carbons (Fsp3) is 0.533. The fourth-order valence-corrected chi connectivity index (χ4v) is 3.21. The Bertz CT molecular complexity index is 677. The van der Waals surface area contributed by atoms with Crippen molar-refractivity contribution in [1.82, 2.24) is 20.1 Å². The average molecular weight is 323 g/mol. The van der Waals surface area contributed by atoms with E-state index in [1.54, 1.807) is 18.2 Å². The summed E-state index contributed by atoms with van der Waals surface area (Å²) in [4.78, 5) is 20.9. The minimum Gasteiger partial charge on any atom is -0.385 e. The molecule has 0 unspecified atom stereocenters. The van der Waals surface area contributed by atoms with Gasteiger partial charge in [-0.05, 0) is 41.7 Å². The van der Waals surface area contributed by atoms with Crippen LogP contribution in [0.4, 0.5) is 0 Å². The lowest BCUT2D eigenvalue weighted by Gasteiger charge is -2.34. The van der Waals surface area contributed by atoms with E-state index in [4.69, 9.17) is 16.4 Å². The Balaban J connectivity index is 1.66. The van der Waals surface area contributed by atoms with Crippen LogP contribution < -0.4 is 4.84 Å². The molecule has 2 heterocycles. The van der Waals surface area contributed by atoms with E-state index in [2.05, 4.69) is 24.2 Å². The largest absolute Gasteiger partial charge is 0.385 e. The minimum atomic E-state index is -0.0512. The molecule has 2 aromatic rings. The number of nitrogens with zero attached hydrogens (tertiary/aromatic N) is 4. The van der Waals surface area contributed by atoms with Gasteiger partial charge in [0.2, 0.25) is 0 Å². The topological polar surface area (TPSA) is 60.2 Å². The van der Waals surface area contributed by atoms with Crippen LogP contribution in [0, 0.1) is 11.8 Å². The van der Waals surface area contributed by atoms with Crippen LogP contribution in [0.5, 0.6) is 0 Å². The highest BCUT2D eigenvalue weighted by molar-refractivity contribution is 6.31. The highest BCUT2D eigenvalue weighted by atomic mass is 35.5. The van der Waals surface area contributed by atoms with E-state index < -0.39 is 0 Å². The molecule has 1 saturated heterocycles. The summed E-state index contributed by atoms with van der Waals surface area (Å²) in [5.74, 6) is 1.03. The third-order valence-electron chi connectivity index (χ3n) is 3.91. The van der Waals surface area contributed by atoms with Crippen molar-refractivity contribution in [1.29, 1.82) is 0 Å². The summed E-state index contributed by atoms with van der Waals surface area (Å²) in [5.41, 5.74) is 1.33. The van der Waals surface area contributed by atoms with E-state index in [0.717, 1.165) is 19.5 Å². The van der Waals surface area contributed by atoms with Crippen molar-refractivity contribution in [3.63, 3.8) is 0 Å². The molecule has 1 aromatic carbocycles. The number of hydrogen-bond acceptors (Lipinski definition) is 4. The molecule has 0 saturated carbocycles. The standard InChI is InChI=1S/C15H19ClN4O2/c1-10-5-11(2)8-19(7-10)15(21)9-22-20-14-6-12(16)3-4-13(14)17-18-20/h3-4,6,10-11H,5,7-9H2,1-2H3/t10-,11-/m1/s1. The molecule has 0 aliphatic carbocycles. The summed E-state index contributed by atoms with van der Waals surface area (Å²) in [7, 11) is 0. The maximum atomic E-state index is 12.3. The van der Waals surface area contributed by atoms with Crippen molar-refractivity contribution in [2.24, 2.45) is 11.8 Å². The van der Waals surface area contributed by atoms with Gasteiger partial charge < -0.3 is 9.74 Å². The van der Waals surface area contributed by atoms with E-state index in [1.165, 1.54) is 4.85 Å². The van der Waals surface area contributed by atoms with E-state index in [1.807, 2.05) is 4.90 Å². The normalized spacial score (nSPS) is 22.0. The molecule has 6 nitrogen and oxygen atoms in total. The van der Waals surface area contributed by atoms with E-state index in [9.17, 15) is 4.79 Å². The number of piperidine rings is 1. The Morgan fingerprint density at radius 3 is 2.82 bits per heavy atom. The zero-order valence-corrected chi connectivity index (χ0v) is 13.5. The Labute approximate surface area is 133 Å². The van der Waals surface area contributed by atoms with Crippen molar-refractivity contribution < 1.29 is 9.63 Å². The van der Waals surface area contributed by atoms with E-state index >= 15 is 0 Å². The monoisotopic (exact) mass is 322 g/mol. The number of aromatic nitrogens is 3. The lowest BCUT2D eigenvalue weighted by atomic mass is 9.92. The maximum Gasteiger partial charge on any atom is 0.263 e. The number of rotatable bonds is 3. The van der Waals surface area contributed by atoms with Gasteiger partial charge in [-0.3, -0.25) is 4.79 Å².